The molecule has 0 saturated carbocycles. The van der Waals surface area contributed by atoms with E-state index in [2.05, 4.69) is 24.0 Å². The molecule has 2 aromatic rings. The van der Waals surface area contributed by atoms with Crippen molar-refractivity contribution < 1.29 is 33.9 Å². The molecule has 4 aliphatic rings. The number of aliphatic hydroxyl groups is 2. The van der Waals surface area contributed by atoms with Crippen LogP contribution in [0.3, 0.4) is 0 Å². The molecule has 3 aliphatic heterocycles. The van der Waals surface area contributed by atoms with E-state index in [9.17, 15) is 24.8 Å². The molecular formula is C34H43BN2O7. The number of amides is 2. The summed E-state index contributed by atoms with van der Waals surface area (Å²) in [6.45, 7) is 4.21. The first kappa shape index (κ1) is 31.0. The van der Waals surface area contributed by atoms with Gasteiger partial charge in [0.1, 0.15) is 18.1 Å². The SMILES string of the molecule is CC/C(=C\c1ccc(CO)o1)CC[C@H]1OB(O)C[C@H]2C1=C(CO)C[C@H]1C(=O)N(C3CCN(Cc4ccccc4)CC3)C(=O)[C@H]12. The van der Waals surface area contributed by atoms with Gasteiger partial charge in [-0.25, -0.2) is 0 Å². The molecule has 3 fully saturated rings. The summed E-state index contributed by atoms with van der Waals surface area (Å²) in [5.74, 6) is -0.442. The lowest BCUT2D eigenvalue weighted by molar-refractivity contribution is -0.144. The number of aliphatic hydroxyl groups excluding tert-OH is 2. The molecule has 3 saturated heterocycles. The maximum Gasteiger partial charge on any atom is 0.455 e. The fourth-order valence-electron chi connectivity index (χ4n) is 7.90. The zero-order valence-electron chi connectivity index (χ0n) is 25.4. The fraction of sp³-hybridized carbons (Fsp3) is 0.529. The number of allylic oxidation sites excluding steroid dienone is 1. The molecule has 0 spiro atoms. The third-order valence-corrected chi connectivity index (χ3v) is 10.1. The predicted octanol–water partition coefficient (Wildman–Crippen LogP) is 3.80. The Morgan fingerprint density at radius 2 is 1.80 bits per heavy atom. The largest absolute Gasteiger partial charge is 0.459 e. The van der Waals surface area contributed by atoms with Gasteiger partial charge in [-0.3, -0.25) is 19.4 Å². The molecule has 4 atom stereocenters. The molecule has 3 N–H and O–H groups in total. The highest BCUT2D eigenvalue weighted by Gasteiger charge is 2.58. The Balaban J connectivity index is 1.16. The Labute approximate surface area is 259 Å². The Bertz CT molecular complexity index is 1400. The van der Waals surface area contributed by atoms with Gasteiger partial charge < -0.3 is 24.3 Å². The van der Waals surface area contributed by atoms with E-state index in [-0.39, 0.29) is 43.3 Å². The van der Waals surface area contributed by atoms with Gasteiger partial charge in [0.15, 0.2) is 0 Å². The second kappa shape index (κ2) is 13.5. The zero-order chi connectivity index (χ0) is 30.8. The van der Waals surface area contributed by atoms with Crippen LogP contribution in [-0.2, 0) is 27.4 Å². The molecule has 0 unspecified atom stereocenters. The van der Waals surface area contributed by atoms with Gasteiger partial charge >= 0.3 is 7.12 Å². The van der Waals surface area contributed by atoms with Gasteiger partial charge in [0.25, 0.3) is 0 Å². The standard InChI is InChI=1S/C34H43BN2O7/c1-2-22(16-26-9-10-27(21-39)43-26)8-11-30-31-24(20-38)17-28-32(29(31)18-35(42)44-30)34(41)37(33(28)40)25-12-14-36(15-13-25)19-23-6-4-3-5-7-23/h3-7,9-10,16,25,28-30,32,38-39,42H,2,8,11-15,17-21H2,1H3/b22-16+/t28-,29+,30-,32-/m1/s1. The fourth-order valence-corrected chi connectivity index (χ4v) is 7.90. The van der Waals surface area contributed by atoms with E-state index in [1.165, 1.54) is 5.56 Å². The van der Waals surface area contributed by atoms with Crippen molar-refractivity contribution in [3.05, 3.63) is 76.3 Å². The van der Waals surface area contributed by atoms with Crippen molar-refractivity contribution in [2.45, 2.75) is 77.1 Å². The lowest BCUT2D eigenvalue weighted by Gasteiger charge is -2.43. The van der Waals surface area contributed by atoms with Gasteiger partial charge in [0.2, 0.25) is 11.8 Å². The molecule has 234 valence electrons. The average molecular weight is 603 g/mol. The van der Waals surface area contributed by atoms with Crippen LogP contribution in [0.4, 0.5) is 0 Å². The van der Waals surface area contributed by atoms with E-state index in [1.54, 1.807) is 11.0 Å². The Morgan fingerprint density at radius 1 is 1.02 bits per heavy atom. The van der Waals surface area contributed by atoms with Crippen LogP contribution in [0.25, 0.3) is 6.08 Å². The minimum atomic E-state index is -1.04. The minimum Gasteiger partial charge on any atom is -0.459 e. The minimum absolute atomic E-state index is 0.124. The lowest BCUT2D eigenvalue weighted by atomic mass is 9.58. The summed E-state index contributed by atoms with van der Waals surface area (Å²) in [4.78, 5) is 31.8. The van der Waals surface area contributed by atoms with Crippen LogP contribution in [0.5, 0.6) is 0 Å². The monoisotopic (exact) mass is 602 g/mol. The molecule has 1 aliphatic carbocycles. The molecule has 4 heterocycles. The topological polar surface area (TPSA) is 124 Å². The Morgan fingerprint density at radius 3 is 2.48 bits per heavy atom. The second-order valence-corrected chi connectivity index (χ2v) is 12.7. The number of benzene rings is 1. The van der Waals surface area contributed by atoms with Crippen LogP contribution in [0.2, 0.25) is 6.32 Å². The summed E-state index contributed by atoms with van der Waals surface area (Å²) < 4.78 is 11.7. The Hall–Kier alpha value is -3.02. The van der Waals surface area contributed by atoms with Gasteiger partial charge in [0.05, 0.1) is 24.5 Å². The molecule has 2 amide bonds. The van der Waals surface area contributed by atoms with Crippen molar-refractivity contribution in [3.8, 4) is 0 Å². The molecular weight excluding hydrogens is 559 g/mol. The average Bonchev–Trinajstić information content (AvgIpc) is 3.60. The van der Waals surface area contributed by atoms with Crippen molar-refractivity contribution in [1.29, 1.82) is 0 Å². The number of hydrogen-bond acceptors (Lipinski definition) is 8. The maximum absolute atomic E-state index is 14.1. The van der Waals surface area contributed by atoms with Crippen LogP contribution in [0.1, 0.15) is 62.5 Å². The number of rotatable bonds is 10. The second-order valence-electron chi connectivity index (χ2n) is 12.7. The quantitative estimate of drug-likeness (QED) is 0.213. The molecule has 6 rings (SSSR count). The van der Waals surface area contributed by atoms with Crippen molar-refractivity contribution in [1.82, 2.24) is 9.80 Å². The molecule has 1 aromatic heterocycles. The summed E-state index contributed by atoms with van der Waals surface area (Å²) in [6.07, 6.45) is 5.64. The third kappa shape index (κ3) is 6.23. The van der Waals surface area contributed by atoms with Crippen molar-refractivity contribution >= 4 is 25.0 Å². The van der Waals surface area contributed by atoms with Crippen LogP contribution < -0.4 is 0 Å². The zero-order valence-corrected chi connectivity index (χ0v) is 25.4. The summed E-state index contributed by atoms with van der Waals surface area (Å²) in [5, 5.41) is 30.6. The number of hydrogen-bond donors (Lipinski definition) is 3. The van der Waals surface area contributed by atoms with Crippen LogP contribution in [-0.4, -0.2) is 75.8 Å². The van der Waals surface area contributed by atoms with Crippen molar-refractivity contribution in [2.24, 2.45) is 17.8 Å². The van der Waals surface area contributed by atoms with E-state index in [0.717, 1.165) is 55.6 Å². The van der Waals surface area contributed by atoms with Crippen molar-refractivity contribution in [3.63, 3.8) is 0 Å². The number of carbonyl (C=O) groups excluding carboxylic acids is 2. The van der Waals surface area contributed by atoms with E-state index in [4.69, 9.17) is 9.07 Å². The van der Waals surface area contributed by atoms with Gasteiger partial charge in [-0.1, -0.05) is 42.8 Å². The van der Waals surface area contributed by atoms with Crippen LogP contribution >= 0.6 is 0 Å². The highest BCUT2D eigenvalue weighted by Crippen LogP contribution is 2.51. The maximum atomic E-state index is 14.1. The highest BCUT2D eigenvalue weighted by molar-refractivity contribution is 6.43. The van der Waals surface area contributed by atoms with Gasteiger partial charge in [0, 0.05) is 25.7 Å². The number of nitrogens with zero attached hydrogens (tertiary/aromatic N) is 2. The summed E-state index contributed by atoms with van der Waals surface area (Å²) in [6, 6.07) is 13.8. The van der Waals surface area contributed by atoms with Gasteiger partial charge in [-0.15, -0.1) is 0 Å². The first-order valence-electron chi connectivity index (χ1n) is 16.1. The van der Waals surface area contributed by atoms with E-state index in [0.29, 0.717) is 30.8 Å². The van der Waals surface area contributed by atoms with E-state index >= 15 is 0 Å². The number of carbonyl (C=O) groups is 2. The highest BCUT2D eigenvalue weighted by atomic mass is 16.5. The third-order valence-electron chi connectivity index (χ3n) is 10.1. The van der Waals surface area contributed by atoms with Crippen LogP contribution in [0, 0.1) is 17.8 Å². The van der Waals surface area contributed by atoms with E-state index in [1.807, 2.05) is 30.3 Å². The smallest absolute Gasteiger partial charge is 0.455 e. The van der Waals surface area contributed by atoms with E-state index < -0.39 is 25.1 Å². The lowest BCUT2D eigenvalue weighted by Crippen LogP contribution is -2.48. The number of imide groups is 1. The first-order valence-corrected chi connectivity index (χ1v) is 16.1. The van der Waals surface area contributed by atoms with Gasteiger partial charge in [-0.2, -0.15) is 0 Å². The van der Waals surface area contributed by atoms with Crippen LogP contribution in [0.15, 0.2) is 63.6 Å². The molecule has 9 nitrogen and oxygen atoms in total. The molecule has 0 bridgehead atoms. The first-order chi connectivity index (χ1) is 21.4. The summed E-state index contributed by atoms with van der Waals surface area (Å²) in [5.41, 5.74) is 4.05. The van der Waals surface area contributed by atoms with Crippen molar-refractivity contribution in [2.75, 3.05) is 19.7 Å². The Kier molecular flexibility index (Phi) is 9.54. The number of likely N-dealkylation sites (tertiary alicyclic amines) is 2. The summed E-state index contributed by atoms with van der Waals surface area (Å²) >= 11 is 0. The summed E-state index contributed by atoms with van der Waals surface area (Å²) in [7, 11) is -1.04. The molecule has 0 radical (unpaired) electrons. The molecule has 10 heteroatoms. The van der Waals surface area contributed by atoms with Gasteiger partial charge in [-0.05, 0) is 85.7 Å². The number of fused-ring (bicyclic) bond motifs is 3. The number of piperidine rings is 1. The normalized spacial score (nSPS) is 26.9. The predicted molar refractivity (Wildman–Crippen MR) is 166 cm³/mol. The molecule has 1 aromatic carbocycles. The molecule has 44 heavy (non-hydrogen) atoms. The number of furan rings is 1.